The summed E-state index contributed by atoms with van der Waals surface area (Å²) in [6.07, 6.45) is -0.626. The van der Waals surface area contributed by atoms with Gasteiger partial charge in [0, 0.05) is 25.3 Å². The van der Waals surface area contributed by atoms with Crippen LogP contribution in [0.4, 0.5) is 13.2 Å². The number of hydrogen-bond donors (Lipinski definition) is 1. The van der Waals surface area contributed by atoms with E-state index in [0.717, 1.165) is 31.4 Å². The predicted molar refractivity (Wildman–Crippen MR) is 88.4 cm³/mol. The molecule has 1 saturated carbocycles. The van der Waals surface area contributed by atoms with Crippen molar-refractivity contribution in [3.05, 3.63) is 29.6 Å². The summed E-state index contributed by atoms with van der Waals surface area (Å²) in [7, 11) is 0. The molecular weight excluding hydrogens is 366 g/mol. The number of nitrogens with two attached hydrogens (primary N) is 1. The van der Waals surface area contributed by atoms with Crippen molar-refractivity contribution in [2.75, 3.05) is 13.1 Å². The summed E-state index contributed by atoms with van der Waals surface area (Å²) in [6.45, 7) is 1.20. The first-order valence-corrected chi connectivity index (χ1v) is 7.44. The molecule has 1 amide bonds. The average Bonchev–Trinajstić information content (AvgIpc) is 2.91. The molecule has 1 aromatic rings. The minimum atomic E-state index is -4.44. The number of carbonyl (C=O) groups excluding carboxylic acids is 1. The van der Waals surface area contributed by atoms with Crippen LogP contribution in [0.25, 0.3) is 0 Å². The zero-order chi connectivity index (χ0) is 15.9. The molecule has 1 saturated heterocycles. The van der Waals surface area contributed by atoms with Gasteiger partial charge in [0.25, 0.3) is 5.91 Å². The van der Waals surface area contributed by atoms with E-state index >= 15 is 0 Å². The Hall–Kier alpha value is -1.05. The number of halogens is 5. The van der Waals surface area contributed by atoms with Gasteiger partial charge >= 0.3 is 6.18 Å². The summed E-state index contributed by atoms with van der Waals surface area (Å²) < 4.78 is 37.5. The van der Waals surface area contributed by atoms with Crippen molar-refractivity contribution in [1.82, 2.24) is 9.88 Å². The number of alkyl halides is 3. The molecule has 2 N–H and O–H groups in total. The smallest absolute Gasteiger partial charge is 0.337 e. The number of amides is 1. The molecular formula is C15H20Cl2F3N3O. The van der Waals surface area contributed by atoms with Crippen molar-refractivity contribution in [3.8, 4) is 0 Å². The van der Waals surface area contributed by atoms with Crippen LogP contribution < -0.4 is 5.73 Å². The number of hydrogen-bond acceptors (Lipinski definition) is 3. The van der Waals surface area contributed by atoms with Gasteiger partial charge in [0.15, 0.2) is 0 Å². The number of aromatic nitrogens is 1. The van der Waals surface area contributed by atoms with Gasteiger partial charge in [-0.05, 0) is 36.8 Å². The molecule has 3 rings (SSSR count). The molecule has 2 heterocycles. The minimum absolute atomic E-state index is 0. The summed E-state index contributed by atoms with van der Waals surface area (Å²) in [5, 5.41) is 0. The molecule has 0 spiro atoms. The fraction of sp³-hybridized carbons (Fsp3) is 0.600. The van der Waals surface area contributed by atoms with Gasteiger partial charge in [-0.25, -0.2) is 0 Å². The van der Waals surface area contributed by atoms with E-state index in [9.17, 15) is 18.0 Å². The summed E-state index contributed by atoms with van der Waals surface area (Å²) >= 11 is 0. The quantitative estimate of drug-likeness (QED) is 0.807. The SMILES string of the molecule is Cl.Cl.NC1CCCC2CN(C(=O)c3ccc(C(F)(F)F)cn3)CC12. The Labute approximate surface area is 150 Å². The standard InChI is InChI=1S/C15H18F3N3O.2ClH/c16-15(17,18)10-4-5-13(20-6-10)14(22)21-7-9-2-1-3-12(19)11(9)8-21;;/h4-6,9,11-12H,1-3,7-8,19H2;2*1H. The lowest BCUT2D eigenvalue weighted by molar-refractivity contribution is -0.137. The molecule has 24 heavy (non-hydrogen) atoms. The van der Waals surface area contributed by atoms with Crippen molar-refractivity contribution in [2.24, 2.45) is 17.6 Å². The largest absolute Gasteiger partial charge is 0.417 e. The van der Waals surface area contributed by atoms with Gasteiger partial charge < -0.3 is 10.6 Å². The second kappa shape index (κ2) is 7.89. The molecule has 0 aromatic carbocycles. The molecule has 136 valence electrons. The highest BCUT2D eigenvalue weighted by Crippen LogP contribution is 2.36. The first-order valence-electron chi connectivity index (χ1n) is 7.44. The monoisotopic (exact) mass is 385 g/mol. The molecule has 1 aliphatic heterocycles. The van der Waals surface area contributed by atoms with Gasteiger partial charge in [-0.15, -0.1) is 24.8 Å². The van der Waals surface area contributed by atoms with E-state index in [1.165, 1.54) is 0 Å². The Balaban J connectivity index is 0.00000144. The number of rotatable bonds is 1. The zero-order valence-corrected chi connectivity index (χ0v) is 14.5. The van der Waals surface area contributed by atoms with E-state index < -0.39 is 11.7 Å². The lowest BCUT2D eigenvalue weighted by Crippen LogP contribution is -2.38. The first kappa shape index (κ1) is 21.0. The fourth-order valence-electron chi connectivity index (χ4n) is 3.53. The van der Waals surface area contributed by atoms with Crippen LogP contribution in [0.1, 0.15) is 35.3 Å². The van der Waals surface area contributed by atoms with E-state index in [1.54, 1.807) is 4.90 Å². The number of pyridine rings is 1. The maximum atomic E-state index is 12.5. The second-order valence-corrected chi connectivity index (χ2v) is 6.16. The third-order valence-electron chi connectivity index (χ3n) is 4.75. The molecule has 2 fully saturated rings. The van der Waals surface area contributed by atoms with Crippen molar-refractivity contribution in [2.45, 2.75) is 31.5 Å². The van der Waals surface area contributed by atoms with Crippen LogP contribution in [0, 0.1) is 11.8 Å². The summed E-state index contributed by atoms with van der Waals surface area (Å²) in [4.78, 5) is 17.8. The molecule has 0 radical (unpaired) electrons. The lowest BCUT2D eigenvalue weighted by atomic mass is 9.78. The number of nitrogens with zero attached hydrogens (tertiary/aromatic N) is 2. The Morgan fingerprint density at radius 2 is 1.92 bits per heavy atom. The molecule has 2 aliphatic rings. The predicted octanol–water partition coefficient (Wildman–Crippen LogP) is 3.14. The summed E-state index contributed by atoms with van der Waals surface area (Å²) in [6, 6.07) is 2.15. The molecule has 3 atom stereocenters. The van der Waals surface area contributed by atoms with Crippen LogP contribution in [0.3, 0.4) is 0 Å². The second-order valence-electron chi connectivity index (χ2n) is 6.16. The molecule has 1 aliphatic carbocycles. The van der Waals surface area contributed by atoms with E-state index in [0.29, 0.717) is 31.1 Å². The van der Waals surface area contributed by atoms with Crippen LogP contribution in [-0.2, 0) is 6.18 Å². The minimum Gasteiger partial charge on any atom is -0.337 e. The van der Waals surface area contributed by atoms with Crippen molar-refractivity contribution >= 4 is 30.7 Å². The van der Waals surface area contributed by atoms with Gasteiger partial charge in [0.05, 0.1) is 5.56 Å². The van der Waals surface area contributed by atoms with E-state index in [4.69, 9.17) is 5.73 Å². The topological polar surface area (TPSA) is 59.2 Å². The van der Waals surface area contributed by atoms with Crippen LogP contribution in [0.15, 0.2) is 18.3 Å². The third-order valence-corrected chi connectivity index (χ3v) is 4.75. The molecule has 9 heteroatoms. The van der Waals surface area contributed by atoms with Gasteiger partial charge in [0.1, 0.15) is 5.69 Å². The molecule has 0 bridgehead atoms. The third kappa shape index (κ3) is 4.13. The molecule has 3 unspecified atom stereocenters. The Kier molecular flexibility index (Phi) is 6.90. The van der Waals surface area contributed by atoms with Crippen molar-refractivity contribution < 1.29 is 18.0 Å². The number of carbonyl (C=O) groups is 1. The van der Waals surface area contributed by atoms with E-state index in [1.807, 2.05) is 0 Å². The average molecular weight is 386 g/mol. The zero-order valence-electron chi connectivity index (χ0n) is 12.8. The van der Waals surface area contributed by atoms with Crippen LogP contribution in [-0.4, -0.2) is 34.9 Å². The molecule has 1 aromatic heterocycles. The highest BCUT2D eigenvalue weighted by Gasteiger charge is 2.41. The van der Waals surface area contributed by atoms with E-state index in [2.05, 4.69) is 4.98 Å². The van der Waals surface area contributed by atoms with E-state index in [-0.39, 0.29) is 42.5 Å². The maximum absolute atomic E-state index is 12.5. The molecule has 4 nitrogen and oxygen atoms in total. The van der Waals surface area contributed by atoms with Gasteiger partial charge in [-0.3, -0.25) is 9.78 Å². The van der Waals surface area contributed by atoms with Gasteiger partial charge in [-0.2, -0.15) is 13.2 Å². The van der Waals surface area contributed by atoms with Crippen LogP contribution in [0.5, 0.6) is 0 Å². The highest BCUT2D eigenvalue weighted by molar-refractivity contribution is 5.92. The normalized spacial score (nSPS) is 26.2. The maximum Gasteiger partial charge on any atom is 0.417 e. The lowest BCUT2D eigenvalue weighted by Gasteiger charge is -2.29. The van der Waals surface area contributed by atoms with Gasteiger partial charge in [0.2, 0.25) is 0 Å². The number of fused-ring (bicyclic) bond motifs is 1. The fourth-order valence-corrected chi connectivity index (χ4v) is 3.53. The highest BCUT2D eigenvalue weighted by atomic mass is 35.5. The van der Waals surface area contributed by atoms with Gasteiger partial charge in [-0.1, -0.05) is 6.42 Å². The Bertz CT molecular complexity index is 568. The Morgan fingerprint density at radius 3 is 2.46 bits per heavy atom. The summed E-state index contributed by atoms with van der Waals surface area (Å²) in [5.74, 6) is 0.393. The van der Waals surface area contributed by atoms with Crippen molar-refractivity contribution in [3.63, 3.8) is 0 Å². The van der Waals surface area contributed by atoms with Crippen LogP contribution >= 0.6 is 24.8 Å². The first-order chi connectivity index (χ1) is 10.4. The summed E-state index contributed by atoms with van der Waals surface area (Å²) in [5.41, 5.74) is 5.32. The van der Waals surface area contributed by atoms with Crippen molar-refractivity contribution in [1.29, 1.82) is 0 Å². The number of likely N-dealkylation sites (tertiary alicyclic amines) is 1. The Morgan fingerprint density at radius 1 is 1.21 bits per heavy atom. The van der Waals surface area contributed by atoms with Crippen LogP contribution in [0.2, 0.25) is 0 Å².